The Morgan fingerprint density at radius 2 is 2.00 bits per heavy atom. The van der Waals surface area contributed by atoms with E-state index in [1.54, 1.807) is 0 Å². The molecule has 0 aliphatic rings. The number of rotatable bonds is 5. The van der Waals surface area contributed by atoms with Crippen LogP contribution in [0.3, 0.4) is 0 Å². The van der Waals surface area contributed by atoms with Crippen LogP contribution in [-0.4, -0.2) is 16.5 Å². The van der Waals surface area contributed by atoms with Crippen LogP contribution in [0, 0.1) is 0 Å². The van der Waals surface area contributed by atoms with E-state index in [-0.39, 0.29) is 5.91 Å². The molecule has 1 aromatic carbocycles. The number of benzene rings is 1. The average molecular weight is 257 g/mol. The molecule has 4 heteroatoms. The zero-order valence-corrected chi connectivity index (χ0v) is 11.0. The zero-order chi connectivity index (χ0) is 13.7. The van der Waals surface area contributed by atoms with E-state index in [0.717, 1.165) is 11.3 Å². The third kappa shape index (κ3) is 3.69. The largest absolute Gasteiger partial charge is 0.353 e. The molecule has 0 saturated carbocycles. The fourth-order valence-electron chi connectivity index (χ4n) is 1.95. The Kier molecular flexibility index (Phi) is 4.36. The van der Waals surface area contributed by atoms with E-state index in [1.807, 2.05) is 60.3 Å². The van der Waals surface area contributed by atoms with E-state index in [9.17, 15) is 4.79 Å². The van der Waals surface area contributed by atoms with Gasteiger partial charge in [0.15, 0.2) is 0 Å². The lowest BCUT2D eigenvalue weighted by molar-refractivity contribution is -0.122. The monoisotopic (exact) mass is 257 g/mol. The minimum absolute atomic E-state index is 0.120. The molecule has 0 saturated heterocycles. The van der Waals surface area contributed by atoms with Crippen LogP contribution in [0.4, 0.5) is 0 Å². The number of nitrogens with one attached hydrogen (secondary N) is 1. The Hall–Kier alpha value is -2.07. The fourth-order valence-corrected chi connectivity index (χ4v) is 1.95. The number of carbonyl (C=O) groups is 1. The van der Waals surface area contributed by atoms with Crippen LogP contribution in [0.2, 0.25) is 0 Å². The van der Waals surface area contributed by atoms with Crippen LogP contribution in [0.25, 0.3) is 0 Å². The molecule has 100 valence electrons. The molecule has 0 aliphatic carbocycles. The first-order chi connectivity index (χ1) is 9.16. The molecule has 0 aliphatic heterocycles. The highest BCUT2D eigenvalue weighted by atomic mass is 16.2. The van der Waals surface area contributed by atoms with Gasteiger partial charge in [-0.1, -0.05) is 30.3 Å². The maximum Gasteiger partial charge on any atom is 0.237 e. The van der Waals surface area contributed by atoms with Crippen molar-refractivity contribution < 1.29 is 4.79 Å². The SMILES string of the molecule is Cn1cccc1CNC(=O)[C@H](N)Cc1ccccc1. The number of aryl methyl sites for hydroxylation is 1. The van der Waals surface area contributed by atoms with Crippen molar-refractivity contribution in [2.24, 2.45) is 12.8 Å². The van der Waals surface area contributed by atoms with E-state index >= 15 is 0 Å². The molecule has 0 fully saturated rings. The smallest absolute Gasteiger partial charge is 0.237 e. The second-order valence-corrected chi connectivity index (χ2v) is 4.62. The summed E-state index contributed by atoms with van der Waals surface area (Å²) in [6.07, 6.45) is 2.51. The van der Waals surface area contributed by atoms with Crippen molar-refractivity contribution in [1.82, 2.24) is 9.88 Å². The highest BCUT2D eigenvalue weighted by Gasteiger charge is 2.13. The van der Waals surface area contributed by atoms with Gasteiger partial charge in [-0.05, 0) is 24.1 Å². The van der Waals surface area contributed by atoms with Crippen LogP contribution in [0.1, 0.15) is 11.3 Å². The number of carbonyl (C=O) groups excluding carboxylic acids is 1. The molecule has 4 nitrogen and oxygen atoms in total. The number of aromatic nitrogens is 1. The summed E-state index contributed by atoms with van der Waals surface area (Å²) in [4.78, 5) is 11.9. The van der Waals surface area contributed by atoms with Gasteiger partial charge in [-0.25, -0.2) is 0 Å². The van der Waals surface area contributed by atoms with Crippen LogP contribution in [-0.2, 0) is 24.8 Å². The van der Waals surface area contributed by atoms with Gasteiger partial charge in [0.2, 0.25) is 5.91 Å². The molecule has 1 atom stereocenters. The van der Waals surface area contributed by atoms with E-state index < -0.39 is 6.04 Å². The molecule has 2 aromatic rings. The molecule has 0 unspecified atom stereocenters. The molecule has 2 rings (SSSR count). The molecule has 1 heterocycles. The summed E-state index contributed by atoms with van der Waals surface area (Å²) in [6.45, 7) is 0.505. The zero-order valence-electron chi connectivity index (χ0n) is 11.0. The van der Waals surface area contributed by atoms with Gasteiger partial charge in [-0.2, -0.15) is 0 Å². The van der Waals surface area contributed by atoms with Crippen molar-refractivity contribution in [2.45, 2.75) is 19.0 Å². The average Bonchev–Trinajstić information content (AvgIpc) is 2.82. The van der Waals surface area contributed by atoms with E-state index in [4.69, 9.17) is 5.73 Å². The third-order valence-electron chi connectivity index (χ3n) is 3.13. The lowest BCUT2D eigenvalue weighted by Crippen LogP contribution is -2.41. The Morgan fingerprint density at radius 1 is 1.26 bits per heavy atom. The summed E-state index contributed by atoms with van der Waals surface area (Å²) in [5.41, 5.74) is 8.04. The first-order valence-corrected chi connectivity index (χ1v) is 6.34. The molecule has 1 aromatic heterocycles. The highest BCUT2D eigenvalue weighted by Crippen LogP contribution is 2.03. The maximum atomic E-state index is 11.9. The fraction of sp³-hybridized carbons (Fsp3) is 0.267. The summed E-state index contributed by atoms with van der Waals surface area (Å²) < 4.78 is 1.98. The Bertz CT molecular complexity index is 533. The standard InChI is InChI=1S/C15H19N3O/c1-18-9-5-8-13(18)11-17-15(19)14(16)10-12-6-3-2-4-7-12/h2-9,14H,10-11,16H2,1H3,(H,17,19)/t14-/m1/s1. The first-order valence-electron chi connectivity index (χ1n) is 6.34. The van der Waals surface area contributed by atoms with Crippen molar-refractivity contribution in [2.75, 3.05) is 0 Å². The van der Waals surface area contributed by atoms with E-state index in [2.05, 4.69) is 5.32 Å². The normalized spacial score (nSPS) is 12.1. The van der Waals surface area contributed by atoms with Gasteiger partial charge < -0.3 is 15.6 Å². The first kappa shape index (κ1) is 13.4. The molecule has 19 heavy (non-hydrogen) atoms. The molecular weight excluding hydrogens is 238 g/mol. The lowest BCUT2D eigenvalue weighted by Gasteiger charge is -2.12. The summed E-state index contributed by atoms with van der Waals surface area (Å²) in [5.74, 6) is -0.120. The van der Waals surface area contributed by atoms with Gasteiger partial charge in [0.1, 0.15) is 0 Å². The predicted molar refractivity (Wildman–Crippen MR) is 75.4 cm³/mol. The van der Waals surface area contributed by atoms with Gasteiger partial charge in [-0.3, -0.25) is 4.79 Å². The highest BCUT2D eigenvalue weighted by molar-refractivity contribution is 5.81. The summed E-state index contributed by atoms with van der Waals surface area (Å²) in [7, 11) is 1.95. The van der Waals surface area contributed by atoms with Crippen LogP contribution in [0.5, 0.6) is 0 Å². The Balaban J connectivity index is 1.84. The van der Waals surface area contributed by atoms with Crippen molar-refractivity contribution >= 4 is 5.91 Å². The third-order valence-corrected chi connectivity index (χ3v) is 3.13. The molecule has 0 radical (unpaired) electrons. The number of hydrogen-bond acceptors (Lipinski definition) is 2. The van der Waals surface area contributed by atoms with E-state index in [1.165, 1.54) is 0 Å². The summed E-state index contributed by atoms with van der Waals surface area (Å²) in [5, 5.41) is 2.86. The Morgan fingerprint density at radius 3 is 2.63 bits per heavy atom. The predicted octanol–water partition coefficient (Wildman–Crippen LogP) is 1.21. The minimum Gasteiger partial charge on any atom is -0.353 e. The van der Waals surface area contributed by atoms with Crippen LogP contribution in [0.15, 0.2) is 48.7 Å². The lowest BCUT2D eigenvalue weighted by atomic mass is 10.1. The number of amides is 1. The number of nitrogens with zero attached hydrogens (tertiary/aromatic N) is 1. The molecular formula is C15H19N3O. The van der Waals surface area contributed by atoms with Crippen LogP contribution < -0.4 is 11.1 Å². The minimum atomic E-state index is -0.511. The van der Waals surface area contributed by atoms with Gasteiger partial charge in [-0.15, -0.1) is 0 Å². The van der Waals surface area contributed by atoms with Crippen molar-refractivity contribution in [3.63, 3.8) is 0 Å². The second-order valence-electron chi connectivity index (χ2n) is 4.62. The molecule has 0 bridgehead atoms. The van der Waals surface area contributed by atoms with E-state index in [0.29, 0.717) is 13.0 Å². The number of nitrogens with two attached hydrogens (primary N) is 1. The number of hydrogen-bond donors (Lipinski definition) is 2. The van der Waals surface area contributed by atoms with Gasteiger partial charge in [0.25, 0.3) is 0 Å². The van der Waals surface area contributed by atoms with Crippen molar-refractivity contribution in [1.29, 1.82) is 0 Å². The van der Waals surface area contributed by atoms with Crippen molar-refractivity contribution in [3.05, 3.63) is 59.9 Å². The van der Waals surface area contributed by atoms with Crippen LogP contribution >= 0.6 is 0 Å². The topological polar surface area (TPSA) is 60.0 Å². The molecule has 3 N–H and O–H groups in total. The van der Waals surface area contributed by atoms with Crippen molar-refractivity contribution in [3.8, 4) is 0 Å². The summed E-state index contributed by atoms with van der Waals surface area (Å²) in [6, 6.07) is 13.2. The van der Waals surface area contributed by atoms with Gasteiger partial charge in [0.05, 0.1) is 12.6 Å². The Labute approximate surface area is 113 Å². The second kappa shape index (κ2) is 6.20. The van der Waals surface area contributed by atoms with Gasteiger partial charge >= 0.3 is 0 Å². The summed E-state index contributed by atoms with van der Waals surface area (Å²) >= 11 is 0. The van der Waals surface area contributed by atoms with Gasteiger partial charge in [0, 0.05) is 18.9 Å². The molecule has 1 amide bonds. The quantitative estimate of drug-likeness (QED) is 0.846. The maximum absolute atomic E-state index is 11.9. The molecule has 0 spiro atoms.